The molecule has 1 amide bonds. The van der Waals surface area contributed by atoms with E-state index in [4.69, 9.17) is 15.3 Å². The number of aliphatic hydroxyl groups excluding tert-OH is 2. The van der Waals surface area contributed by atoms with E-state index in [9.17, 15) is 20.1 Å². The molecule has 2 aliphatic carbocycles. The zero-order valence-electron chi connectivity index (χ0n) is 31.9. The van der Waals surface area contributed by atoms with Gasteiger partial charge in [0.15, 0.2) is 0 Å². The first-order valence-corrected chi connectivity index (χ1v) is 18.8. The highest BCUT2D eigenvalue weighted by molar-refractivity contribution is 5.99. The van der Waals surface area contributed by atoms with Crippen LogP contribution in [0.2, 0.25) is 0 Å². The zero-order valence-corrected chi connectivity index (χ0v) is 31.9. The Labute approximate surface area is 293 Å². The lowest BCUT2D eigenvalue weighted by atomic mass is 9.58. The second kappa shape index (κ2) is 23.0. The molecule has 0 radical (unpaired) electrons. The third-order valence-corrected chi connectivity index (χ3v) is 11.4. The molecule has 2 rings (SSSR count). The molecule has 0 aromatic heterocycles. The van der Waals surface area contributed by atoms with Crippen molar-refractivity contribution in [3.05, 3.63) is 24.3 Å². The van der Waals surface area contributed by atoms with Crippen LogP contribution in [0.5, 0.6) is 0 Å². The Morgan fingerprint density at radius 3 is 2.29 bits per heavy atom. The molecule has 0 aliphatic heterocycles. The number of nitrogens with two attached hydrogens (primary N) is 1. The fourth-order valence-electron chi connectivity index (χ4n) is 8.48. The van der Waals surface area contributed by atoms with Crippen molar-refractivity contribution < 1.29 is 29.6 Å². The minimum absolute atomic E-state index is 0.0195. The fraction of sp³-hybridized carbons (Fsp3) is 0.846. The molecule has 0 heterocycles. The van der Waals surface area contributed by atoms with Gasteiger partial charge in [0.05, 0.1) is 37.1 Å². The van der Waals surface area contributed by atoms with Crippen LogP contribution in [0.1, 0.15) is 113 Å². The summed E-state index contributed by atoms with van der Waals surface area (Å²) in [6, 6.07) is 0. The van der Waals surface area contributed by atoms with Gasteiger partial charge in [-0.3, -0.25) is 15.2 Å². The van der Waals surface area contributed by atoms with Crippen molar-refractivity contribution in [2.75, 3.05) is 26.9 Å². The third kappa shape index (κ3) is 12.9. The Kier molecular flexibility index (Phi) is 21.2. The van der Waals surface area contributed by atoms with Crippen molar-refractivity contribution in [2.24, 2.45) is 58.2 Å². The van der Waals surface area contributed by atoms with Crippen LogP contribution in [0.3, 0.4) is 0 Å². The number of ether oxygens (including phenoxy) is 2. The molecule has 280 valence electrons. The lowest BCUT2D eigenvalue weighted by molar-refractivity contribution is -0.187. The summed E-state index contributed by atoms with van der Waals surface area (Å²) < 4.78 is 12.1. The number of nitrogens with one attached hydrogen (secondary N) is 1. The summed E-state index contributed by atoms with van der Waals surface area (Å²) in [6.07, 6.45) is 12.4. The molecule has 2 saturated carbocycles. The summed E-state index contributed by atoms with van der Waals surface area (Å²) in [5.74, 6) is 6.19. The minimum atomic E-state index is -0.973. The number of carbonyl (C=O) groups is 1. The maximum Gasteiger partial charge on any atom is 0.265 e. The Bertz CT molecular complexity index is 975. The van der Waals surface area contributed by atoms with Gasteiger partial charge in [0.25, 0.3) is 5.91 Å². The Hall–Kier alpha value is -1.62. The van der Waals surface area contributed by atoms with Gasteiger partial charge in [-0.05, 0) is 106 Å². The highest BCUT2D eigenvalue weighted by Gasteiger charge is 2.52. The predicted molar refractivity (Wildman–Crippen MR) is 197 cm³/mol. The van der Waals surface area contributed by atoms with E-state index >= 15 is 0 Å². The predicted octanol–water partition coefficient (Wildman–Crippen LogP) is 6.26. The van der Waals surface area contributed by atoms with Crippen LogP contribution in [0.4, 0.5) is 0 Å². The first kappa shape index (κ1) is 44.4. The number of rotatable bonds is 18. The molecular weight excluding hydrogens is 606 g/mol. The smallest absolute Gasteiger partial charge is 0.265 e. The van der Waals surface area contributed by atoms with Crippen LogP contribution in [-0.4, -0.2) is 78.2 Å². The summed E-state index contributed by atoms with van der Waals surface area (Å²) in [5.41, 5.74) is 1.40. The van der Waals surface area contributed by atoms with Crippen molar-refractivity contribution >= 4 is 12.1 Å². The standard InChI is InChI=1S/C32H62O5.C7H11N3O/c1-9-12-23(6)37-19-26-18-21(4)14-16-27(26)24(7)30(33)31(34)25(8)29-17-15-22(5)28(13-10-2)32(29,35)20-36-11-3;1-3-6(4-5-9-2)7(11)10-8/h21-31,33-35H,9-20H2,1-8H3;3-5H,1,8H2,2H3,(H,10,11)/b;6-4+,9-5?/t21-,22-,23?,24?,25?,26?,27+,28?,29+,30?,31?,32-;/m1./s1. The Morgan fingerprint density at radius 1 is 1.06 bits per heavy atom. The van der Waals surface area contributed by atoms with Gasteiger partial charge in [0.2, 0.25) is 0 Å². The average Bonchev–Trinajstić information content (AvgIpc) is 3.07. The first-order valence-electron chi connectivity index (χ1n) is 18.8. The summed E-state index contributed by atoms with van der Waals surface area (Å²) in [7, 11) is 1.61. The Morgan fingerprint density at radius 2 is 1.73 bits per heavy atom. The molecule has 9 nitrogen and oxygen atoms in total. The summed E-state index contributed by atoms with van der Waals surface area (Å²) in [5, 5.41) is 35.2. The molecule has 9 heteroatoms. The number of nitrogens with zero attached hydrogens (tertiary/aromatic N) is 1. The SMILES string of the molecule is C=C/C(=C\C=NC)C(=O)NN.CCCC(C)OCC1C[C@H](C)CC[C@H]1C(C)C(O)C(O)C(C)[C@@H]1CC[C@@H](C)C(CCC)[C@]1(O)COCC. The molecule has 2 aliphatic rings. The number of allylic oxidation sites excluding steroid dienone is 1. The van der Waals surface area contributed by atoms with E-state index < -0.39 is 17.8 Å². The van der Waals surface area contributed by atoms with Gasteiger partial charge in [-0.25, -0.2) is 5.84 Å². The van der Waals surface area contributed by atoms with E-state index in [0.29, 0.717) is 42.5 Å². The van der Waals surface area contributed by atoms with Crippen LogP contribution < -0.4 is 11.3 Å². The minimum Gasteiger partial charge on any atom is -0.390 e. The number of hydrogen-bond donors (Lipinski definition) is 5. The normalized spacial score (nSPS) is 31.2. The van der Waals surface area contributed by atoms with Crippen molar-refractivity contribution in [1.29, 1.82) is 0 Å². The second-order valence-corrected chi connectivity index (χ2v) is 14.9. The van der Waals surface area contributed by atoms with Gasteiger partial charge < -0.3 is 24.8 Å². The number of hydrazine groups is 1. The number of aliphatic hydroxyl groups is 3. The maximum absolute atomic E-state index is 12.1. The van der Waals surface area contributed by atoms with Crippen molar-refractivity contribution in [2.45, 2.75) is 137 Å². The number of hydrogen-bond acceptors (Lipinski definition) is 8. The van der Waals surface area contributed by atoms with Gasteiger partial charge in [0, 0.05) is 25.4 Å². The molecule has 48 heavy (non-hydrogen) atoms. The summed E-state index contributed by atoms with van der Waals surface area (Å²) >= 11 is 0. The molecule has 0 bridgehead atoms. The topological polar surface area (TPSA) is 147 Å². The van der Waals surface area contributed by atoms with E-state index in [0.717, 1.165) is 58.0 Å². The number of aliphatic imine (C=N–C) groups is 1. The van der Waals surface area contributed by atoms with Crippen LogP contribution >= 0.6 is 0 Å². The van der Waals surface area contributed by atoms with E-state index in [-0.39, 0.29) is 35.7 Å². The molecule has 12 atom stereocenters. The van der Waals surface area contributed by atoms with Crippen molar-refractivity contribution in [3.8, 4) is 0 Å². The average molecular weight is 680 g/mol. The van der Waals surface area contributed by atoms with Crippen LogP contribution in [-0.2, 0) is 14.3 Å². The van der Waals surface area contributed by atoms with Crippen LogP contribution in [0.15, 0.2) is 29.3 Å². The third-order valence-electron chi connectivity index (χ3n) is 11.4. The van der Waals surface area contributed by atoms with E-state index in [1.807, 2.05) is 19.3 Å². The van der Waals surface area contributed by atoms with Gasteiger partial charge in [-0.2, -0.15) is 0 Å². The highest BCUT2D eigenvalue weighted by atomic mass is 16.5. The molecule has 6 N–H and O–H groups in total. The fourth-order valence-corrected chi connectivity index (χ4v) is 8.48. The lowest BCUT2D eigenvalue weighted by Crippen LogP contribution is -2.58. The van der Waals surface area contributed by atoms with Crippen molar-refractivity contribution in [3.63, 3.8) is 0 Å². The number of amides is 1. The number of carbonyl (C=O) groups excluding carboxylic acids is 1. The monoisotopic (exact) mass is 680 g/mol. The van der Waals surface area contributed by atoms with Crippen molar-refractivity contribution in [1.82, 2.24) is 5.43 Å². The van der Waals surface area contributed by atoms with E-state index in [2.05, 4.69) is 53.1 Å². The summed E-state index contributed by atoms with van der Waals surface area (Å²) in [6.45, 7) is 22.3. The quantitative estimate of drug-likeness (QED) is 0.0287. The van der Waals surface area contributed by atoms with Gasteiger partial charge in [-0.15, -0.1) is 0 Å². The van der Waals surface area contributed by atoms with Crippen LogP contribution in [0, 0.1) is 47.3 Å². The largest absolute Gasteiger partial charge is 0.390 e. The van der Waals surface area contributed by atoms with E-state index in [1.165, 1.54) is 24.8 Å². The molecule has 0 aromatic rings. The molecule has 0 spiro atoms. The second-order valence-electron chi connectivity index (χ2n) is 14.9. The molecular formula is C39H73N3O6. The van der Waals surface area contributed by atoms with Gasteiger partial charge >= 0.3 is 0 Å². The molecule has 7 unspecified atom stereocenters. The first-order chi connectivity index (χ1) is 22.8. The highest BCUT2D eigenvalue weighted by Crippen LogP contribution is 2.49. The summed E-state index contributed by atoms with van der Waals surface area (Å²) in [4.78, 5) is 14.5. The zero-order chi connectivity index (χ0) is 36.4. The lowest BCUT2D eigenvalue weighted by Gasteiger charge is -2.52. The van der Waals surface area contributed by atoms with Gasteiger partial charge in [0.1, 0.15) is 0 Å². The van der Waals surface area contributed by atoms with Crippen LogP contribution in [0.25, 0.3) is 0 Å². The molecule has 0 aromatic carbocycles. The van der Waals surface area contributed by atoms with Gasteiger partial charge in [-0.1, -0.05) is 73.5 Å². The Balaban J connectivity index is 0.000000894. The van der Waals surface area contributed by atoms with E-state index in [1.54, 1.807) is 7.05 Å². The molecule has 2 fully saturated rings. The maximum atomic E-state index is 12.1. The molecule has 0 saturated heterocycles.